The highest BCUT2D eigenvalue weighted by atomic mass is 16.5. The third-order valence-electron chi connectivity index (χ3n) is 2.52. The molecule has 1 aromatic carbocycles. The minimum absolute atomic E-state index is 0.0422. The van der Waals surface area contributed by atoms with Gasteiger partial charge in [0.25, 0.3) is 0 Å². The maximum absolute atomic E-state index is 11.0. The Hall–Kier alpha value is -2.41. The summed E-state index contributed by atoms with van der Waals surface area (Å²) in [6, 6.07) is 7.40. The van der Waals surface area contributed by atoms with Gasteiger partial charge in [0.1, 0.15) is 11.6 Å². The Bertz CT molecular complexity index is 550. The Morgan fingerprint density at radius 1 is 1.42 bits per heavy atom. The van der Waals surface area contributed by atoms with E-state index in [-0.39, 0.29) is 19.0 Å². The second-order valence-electron chi connectivity index (χ2n) is 3.82. The molecular formula is C12H15N5O2. The normalized spacial score (nSPS) is 10.2. The lowest BCUT2D eigenvalue weighted by atomic mass is 10.2. The number of aromatic amines is 1. The molecule has 100 valence electrons. The van der Waals surface area contributed by atoms with Gasteiger partial charge in [-0.3, -0.25) is 9.89 Å². The Balaban J connectivity index is 2.05. The van der Waals surface area contributed by atoms with Crippen LogP contribution >= 0.6 is 0 Å². The summed E-state index contributed by atoms with van der Waals surface area (Å²) in [7, 11) is 1.61. The van der Waals surface area contributed by atoms with Gasteiger partial charge in [-0.25, -0.2) is 4.98 Å². The number of nitrogens with zero attached hydrogens (tertiary/aromatic N) is 2. The monoisotopic (exact) mass is 261 g/mol. The third kappa shape index (κ3) is 3.29. The van der Waals surface area contributed by atoms with Gasteiger partial charge in [-0.2, -0.15) is 5.10 Å². The molecule has 0 atom stereocenters. The predicted molar refractivity (Wildman–Crippen MR) is 69.3 cm³/mol. The zero-order valence-electron chi connectivity index (χ0n) is 10.5. The highest BCUT2D eigenvalue weighted by Gasteiger charge is 2.06. The van der Waals surface area contributed by atoms with Crippen LogP contribution in [0.1, 0.15) is 5.82 Å². The van der Waals surface area contributed by atoms with Gasteiger partial charge in [-0.1, -0.05) is 0 Å². The Labute approximate surface area is 110 Å². The minimum atomic E-state index is -0.234. The molecule has 7 nitrogen and oxygen atoms in total. The molecule has 0 aliphatic heterocycles. The van der Waals surface area contributed by atoms with Crippen molar-refractivity contribution in [3.8, 4) is 17.1 Å². The van der Waals surface area contributed by atoms with Gasteiger partial charge >= 0.3 is 0 Å². The molecule has 0 spiro atoms. The topological polar surface area (TPSA) is 106 Å². The van der Waals surface area contributed by atoms with E-state index in [9.17, 15) is 4.79 Å². The third-order valence-corrected chi connectivity index (χ3v) is 2.52. The van der Waals surface area contributed by atoms with E-state index in [2.05, 4.69) is 20.5 Å². The van der Waals surface area contributed by atoms with Crippen LogP contribution in [0.15, 0.2) is 24.3 Å². The molecule has 1 heterocycles. The van der Waals surface area contributed by atoms with E-state index in [4.69, 9.17) is 10.5 Å². The molecule has 4 N–H and O–H groups in total. The van der Waals surface area contributed by atoms with E-state index >= 15 is 0 Å². The molecule has 2 aromatic rings. The van der Waals surface area contributed by atoms with Gasteiger partial charge < -0.3 is 15.8 Å². The molecule has 0 radical (unpaired) electrons. The predicted octanol–water partition coefficient (Wildman–Crippen LogP) is 0.0552. The number of H-pyrrole nitrogens is 1. The van der Waals surface area contributed by atoms with E-state index in [1.165, 1.54) is 0 Å². The second kappa shape index (κ2) is 5.96. The quantitative estimate of drug-likeness (QED) is 0.705. The van der Waals surface area contributed by atoms with Crippen LogP contribution in [0.4, 0.5) is 0 Å². The van der Waals surface area contributed by atoms with E-state index in [0.29, 0.717) is 11.6 Å². The van der Waals surface area contributed by atoms with Crippen molar-refractivity contribution in [3.63, 3.8) is 0 Å². The molecule has 7 heteroatoms. The van der Waals surface area contributed by atoms with Gasteiger partial charge in [0, 0.05) is 5.56 Å². The number of methoxy groups -OCH3 is 1. The molecule has 1 amide bonds. The molecule has 0 aliphatic rings. The van der Waals surface area contributed by atoms with Crippen molar-refractivity contribution in [2.75, 3.05) is 13.7 Å². The van der Waals surface area contributed by atoms with Crippen molar-refractivity contribution in [3.05, 3.63) is 30.1 Å². The van der Waals surface area contributed by atoms with Crippen molar-refractivity contribution in [1.82, 2.24) is 20.5 Å². The molecule has 2 rings (SSSR count). The van der Waals surface area contributed by atoms with E-state index in [1.807, 2.05) is 24.3 Å². The number of carbonyl (C=O) groups is 1. The molecule has 0 saturated carbocycles. The van der Waals surface area contributed by atoms with E-state index in [1.54, 1.807) is 7.11 Å². The summed E-state index contributed by atoms with van der Waals surface area (Å²) < 4.78 is 5.08. The van der Waals surface area contributed by atoms with Gasteiger partial charge in [-0.15, -0.1) is 0 Å². The van der Waals surface area contributed by atoms with E-state index in [0.717, 1.165) is 11.3 Å². The Kier molecular flexibility index (Phi) is 4.09. The van der Waals surface area contributed by atoms with Crippen LogP contribution < -0.4 is 15.8 Å². The fourth-order valence-electron chi connectivity index (χ4n) is 1.50. The lowest BCUT2D eigenvalue weighted by Gasteiger charge is -2.00. The fourth-order valence-corrected chi connectivity index (χ4v) is 1.50. The van der Waals surface area contributed by atoms with Gasteiger partial charge in [0.05, 0.1) is 20.2 Å². The molecule has 0 unspecified atom stereocenters. The molecule has 0 saturated heterocycles. The summed E-state index contributed by atoms with van der Waals surface area (Å²) >= 11 is 0. The highest BCUT2D eigenvalue weighted by Crippen LogP contribution is 2.18. The Morgan fingerprint density at radius 2 is 2.16 bits per heavy atom. The summed E-state index contributed by atoms with van der Waals surface area (Å²) in [6.07, 6.45) is 0. The first-order chi connectivity index (χ1) is 9.22. The van der Waals surface area contributed by atoms with Gasteiger partial charge in [0.2, 0.25) is 5.91 Å². The van der Waals surface area contributed by atoms with Crippen molar-refractivity contribution >= 4 is 5.91 Å². The largest absolute Gasteiger partial charge is 0.497 e. The number of hydrogen-bond donors (Lipinski definition) is 3. The summed E-state index contributed by atoms with van der Waals surface area (Å²) in [5.74, 6) is 1.68. The molecule has 0 aliphatic carbocycles. The fraction of sp³-hybridized carbons (Fsp3) is 0.250. The summed E-state index contributed by atoms with van der Waals surface area (Å²) in [5, 5.41) is 9.46. The van der Waals surface area contributed by atoms with Crippen molar-refractivity contribution in [1.29, 1.82) is 0 Å². The van der Waals surface area contributed by atoms with Crippen LogP contribution in [0.3, 0.4) is 0 Å². The van der Waals surface area contributed by atoms with Crippen LogP contribution in [-0.4, -0.2) is 34.7 Å². The lowest BCUT2D eigenvalue weighted by molar-refractivity contribution is -0.119. The molecule has 0 fully saturated rings. The summed E-state index contributed by atoms with van der Waals surface area (Å²) in [5.41, 5.74) is 6.06. The molecule has 0 bridgehead atoms. The van der Waals surface area contributed by atoms with Crippen molar-refractivity contribution < 1.29 is 9.53 Å². The Morgan fingerprint density at radius 3 is 2.79 bits per heavy atom. The van der Waals surface area contributed by atoms with E-state index < -0.39 is 0 Å². The summed E-state index contributed by atoms with van der Waals surface area (Å²) in [4.78, 5) is 15.3. The first kappa shape index (κ1) is 13.0. The molecule has 19 heavy (non-hydrogen) atoms. The molecular weight excluding hydrogens is 246 g/mol. The van der Waals surface area contributed by atoms with Crippen molar-refractivity contribution in [2.45, 2.75) is 6.54 Å². The summed E-state index contributed by atoms with van der Waals surface area (Å²) in [6.45, 7) is 0.235. The first-order valence-electron chi connectivity index (χ1n) is 5.75. The van der Waals surface area contributed by atoms with Crippen LogP contribution in [0.5, 0.6) is 5.75 Å². The number of hydrogen-bond acceptors (Lipinski definition) is 5. The number of benzene rings is 1. The number of amides is 1. The highest BCUT2D eigenvalue weighted by molar-refractivity contribution is 5.77. The SMILES string of the molecule is COc1ccc(-c2n[nH]c(CNC(=O)CN)n2)cc1. The van der Waals surface area contributed by atoms with Crippen LogP contribution in [0.25, 0.3) is 11.4 Å². The number of nitrogens with two attached hydrogens (primary N) is 1. The zero-order chi connectivity index (χ0) is 13.7. The average Bonchev–Trinajstić information content (AvgIpc) is 2.93. The number of rotatable bonds is 5. The lowest BCUT2D eigenvalue weighted by Crippen LogP contribution is -2.30. The standard InChI is InChI=1S/C12H15N5O2/c1-19-9-4-2-8(3-5-9)12-15-10(16-17-12)7-14-11(18)6-13/h2-5H,6-7,13H2,1H3,(H,14,18)(H,15,16,17). The number of nitrogens with one attached hydrogen (secondary N) is 2. The molecule has 1 aromatic heterocycles. The second-order valence-corrected chi connectivity index (χ2v) is 3.82. The minimum Gasteiger partial charge on any atom is -0.497 e. The smallest absolute Gasteiger partial charge is 0.234 e. The zero-order valence-corrected chi connectivity index (χ0v) is 10.5. The first-order valence-corrected chi connectivity index (χ1v) is 5.75. The van der Waals surface area contributed by atoms with Gasteiger partial charge in [0.15, 0.2) is 5.82 Å². The number of ether oxygens (including phenoxy) is 1. The van der Waals surface area contributed by atoms with Gasteiger partial charge in [-0.05, 0) is 24.3 Å². The maximum Gasteiger partial charge on any atom is 0.234 e. The number of aromatic nitrogens is 3. The van der Waals surface area contributed by atoms with Crippen molar-refractivity contribution in [2.24, 2.45) is 5.73 Å². The van der Waals surface area contributed by atoms with Crippen LogP contribution in [0.2, 0.25) is 0 Å². The van der Waals surface area contributed by atoms with Crippen LogP contribution in [-0.2, 0) is 11.3 Å². The average molecular weight is 261 g/mol. The maximum atomic E-state index is 11.0. The van der Waals surface area contributed by atoms with Crippen LogP contribution in [0, 0.1) is 0 Å². The number of carbonyl (C=O) groups excluding carboxylic acids is 1.